The molecule has 0 unspecified atom stereocenters. The third-order valence-corrected chi connectivity index (χ3v) is 4.58. The lowest BCUT2D eigenvalue weighted by Gasteiger charge is -2.15. The van der Waals surface area contributed by atoms with Gasteiger partial charge in [0, 0.05) is 12.3 Å². The summed E-state index contributed by atoms with van der Waals surface area (Å²) < 4.78 is 23.4. The molecule has 5 nitrogen and oxygen atoms in total. The number of anilines is 1. The molecule has 0 spiro atoms. The lowest BCUT2D eigenvalue weighted by Crippen LogP contribution is -2.30. The van der Waals surface area contributed by atoms with Crippen LogP contribution >= 0.6 is 0 Å². The van der Waals surface area contributed by atoms with Gasteiger partial charge < -0.3 is 10.6 Å². The number of benzene rings is 2. The molecule has 2 rings (SSSR count). The first kappa shape index (κ1) is 17.2. The van der Waals surface area contributed by atoms with Gasteiger partial charge in [0.1, 0.15) is 0 Å². The highest BCUT2D eigenvalue weighted by atomic mass is 32.2. The molecule has 6 heteroatoms. The number of amides is 1. The van der Waals surface area contributed by atoms with Crippen molar-refractivity contribution in [3.05, 3.63) is 60.2 Å². The summed E-state index contributed by atoms with van der Waals surface area (Å²) in [6, 6.07) is 16.2. The molecule has 0 aliphatic rings. The van der Waals surface area contributed by atoms with Gasteiger partial charge in [0.2, 0.25) is 5.91 Å². The van der Waals surface area contributed by atoms with Crippen LogP contribution in [0.2, 0.25) is 0 Å². The smallest absolute Gasteiger partial charge is 0.238 e. The topological polar surface area (TPSA) is 75.3 Å². The molecule has 1 atom stereocenters. The molecular formula is C17H20N2O3S. The monoisotopic (exact) mass is 332 g/mol. The van der Waals surface area contributed by atoms with E-state index in [1.807, 2.05) is 37.3 Å². The van der Waals surface area contributed by atoms with Gasteiger partial charge in [-0.05, 0) is 24.6 Å². The van der Waals surface area contributed by atoms with Crippen molar-refractivity contribution < 1.29 is 13.2 Å². The van der Waals surface area contributed by atoms with Crippen LogP contribution in [0.5, 0.6) is 0 Å². The zero-order valence-corrected chi connectivity index (χ0v) is 13.9. The van der Waals surface area contributed by atoms with Gasteiger partial charge in [-0.2, -0.15) is 0 Å². The molecule has 2 N–H and O–H groups in total. The van der Waals surface area contributed by atoms with Crippen molar-refractivity contribution in [3.8, 4) is 0 Å². The van der Waals surface area contributed by atoms with E-state index in [1.54, 1.807) is 18.2 Å². The molecule has 0 saturated heterocycles. The van der Waals surface area contributed by atoms with E-state index in [0.717, 1.165) is 11.8 Å². The van der Waals surface area contributed by atoms with Crippen molar-refractivity contribution in [1.82, 2.24) is 5.32 Å². The third kappa shape index (κ3) is 4.91. The molecule has 0 aliphatic heterocycles. The van der Waals surface area contributed by atoms with Gasteiger partial charge in [-0.3, -0.25) is 4.79 Å². The molecule has 0 heterocycles. The Labute approximate surface area is 136 Å². The van der Waals surface area contributed by atoms with Gasteiger partial charge >= 0.3 is 0 Å². The van der Waals surface area contributed by atoms with E-state index in [2.05, 4.69) is 10.6 Å². The lowest BCUT2D eigenvalue weighted by atomic mass is 10.1. The maximum atomic E-state index is 12.1. The molecule has 0 radical (unpaired) electrons. The fourth-order valence-corrected chi connectivity index (χ4v) is 3.04. The zero-order chi connectivity index (χ0) is 16.9. The predicted molar refractivity (Wildman–Crippen MR) is 91.0 cm³/mol. The summed E-state index contributed by atoms with van der Waals surface area (Å²) >= 11 is 0. The first-order valence-corrected chi connectivity index (χ1v) is 9.14. The van der Waals surface area contributed by atoms with Gasteiger partial charge in [-0.1, -0.05) is 42.5 Å². The van der Waals surface area contributed by atoms with Crippen molar-refractivity contribution in [2.24, 2.45) is 0 Å². The van der Waals surface area contributed by atoms with E-state index in [-0.39, 0.29) is 23.4 Å². The van der Waals surface area contributed by atoms with Crippen molar-refractivity contribution in [3.63, 3.8) is 0 Å². The van der Waals surface area contributed by atoms with E-state index in [0.29, 0.717) is 5.69 Å². The van der Waals surface area contributed by atoms with E-state index >= 15 is 0 Å². The molecule has 122 valence electrons. The Bertz CT molecular complexity index is 773. The SMILES string of the molecule is C[C@@H](NCC(=O)Nc1ccccc1S(C)(=O)=O)c1ccccc1. The standard InChI is InChI=1S/C17H20N2O3S/c1-13(14-8-4-3-5-9-14)18-12-17(20)19-15-10-6-7-11-16(15)23(2,21)22/h3-11,13,18H,12H2,1-2H3,(H,19,20)/t13-/m1/s1. The van der Waals surface area contributed by atoms with Crippen LogP contribution in [0.4, 0.5) is 5.69 Å². The molecular weight excluding hydrogens is 312 g/mol. The Kier molecular flexibility index (Phi) is 5.52. The molecule has 0 bridgehead atoms. The van der Waals surface area contributed by atoms with Crippen LogP contribution in [0.1, 0.15) is 18.5 Å². The molecule has 2 aromatic carbocycles. The normalized spacial score (nSPS) is 12.6. The summed E-state index contributed by atoms with van der Waals surface area (Å²) in [6.45, 7) is 2.06. The molecule has 2 aromatic rings. The van der Waals surface area contributed by atoms with Gasteiger partial charge in [-0.25, -0.2) is 8.42 Å². The number of para-hydroxylation sites is 1. The number of nitrogens with one attached hydrogen (secondary N) is 2. The van der Waals surface area contributed by atoms with Crippen molar-refractivity contribution in [2.45, 2.75) is 17.9 Å². The van der Waals surface area contributed by atoms with E-state index < -0.39 is 9.84 Å². The minimum atomic E-state index is -3.39. The Morgan fingerprint density at radius 2 is 1.65 bits per heavy atom. The highest BCUT2D eigenvalue weighted by Crippen LogP contribution is 2.20. The average Bonchev–Trinajstić information content (AvgIpc) is 2.53. The first-order valence-electron chi connectivity index (χ1n) is 7.25. The van der Waals surface area contributed by atoms with Crippen LogP contribution in [0.15, 0.2) is 59.5 Å². The number of hydrogen-bond donors (Lipinski definition) is 2. The fourth-order valence-electron chi connectivity index (χ4n) is 2.19. The van der Waals surface area contributed by atoms with E-state index in [4.69, 9.17) is 0 Å². The van der Waals surface area contributed by atoms with Crippen molar-refractivity contribution in [1.29, 1.82) is 0 Å². The van der Waals surface area contributed by atoms with Gasteiger partial charge in [0.25, 0.3) is 0 Å². The fraction of sp³-hybridized carbons (Fsp3) is 0.235. The summed E-state index contributed by atoms with van der Waals surface area (Å²) in [5.74, 6) is -0.288. The number of hydrogen-bond acceptors (Lipinski definition) is 4. The molecule has 1 amide bonds. The summed E-state index contributed by atoms with van der Waals surface area (Å²) in [4.78, 5) is 12.2. The summed E-state index contributed by atoms with van der Waals surface area (Å²) in [5.41, 5.74) is 1.38. The Balaban J connectivity index is 1.99. The maximum Gasteiger partial charge on any atom is 0.238 e. The highest BCUT2D eigenvalue weighted by Gasteiger charge is 2.15. The van der Waals surface area contributed by atoms with E-state index in [9.17, 15) is 13.2 Å². The highest BCUT2D eigenvalue weighted by molar-refractivity contribution is 7.90. The van der Waals surface area contributed by atoms with Crippen LogP contribution < -0.4 is 10.6 Å². The lowest BCUT2D eigenvalue weighted by molar-refractivity contribution is -0.115. The Morgan fingerprint density at radius 3 is 2.30 bits per heavy atom. The first-order chi connectivity index (χ1) is 10.9. The van der Waals surface area contributed by atoms with Gasteiger partial charge in [-0.15, -0.1) is 0 Å². The van der Waals surface area contributed by atoms with Gasteiger partial charge in [0.05, 0.1) is 17.1 Å². The molecule has 23 heavy (non-hydrogen) atoms. The average molecular weight is 332 g/mol. The van der Waals surface area contributed by atoms with Crippen LogP contribution in [0.25, 0.3) is 0 Å². The maximum absolute atomic E-state index is 12.1. The number of sulfone groups is 1. The summed E-state index contributed by atoms with van der Waals surface area (Å²) in [7, 11) is -3.39. The van der Waals surface area contributed by atoms with Crippen LogP contribution in [0, 0.1) is 0 Å². The minimum absolute atomic E-state index is 0.0205. The second-order valence-electron chi connectivity index (χ2n) is 5.33. The van der Waals surface area contributed by atoms with Crippen molar-refractivity contribution >= 4 is 21.4 Å². The summed E-state index contributed by atoms with van der Waals surface area (Å²) in [6.07, 6.45) is 1.12. The quantitative estimate of drug-likeness (QED) is 0.852. The largest absolute Gasteiger partial charge is 0.324 e. The predicted octanol–water partition coefficient (Wildman–Crippen LogP) is 2.38. The second kappa shape index (κ2) is 7.39. The number of carbonyl (C=O) groups excluding carboxylic acids is 1. The molecule has 0 fully saturated rings. The van der Waals surface area contributed by atoms with Crippen molar-refractivity contribution in [2.75, 3.05) is 18.1 Å². The number of rotatable bonds is 6. The Morgan fingerprint density at radius 1 is 1.04 bits per heavy atom. The minimum Gasteiger partial charge on any atom is -0.324 e. The van der Waals surface area contributed by atoms with Crippen LogP contribution in [-0.2, 0) is 14.6 Å². The van der Waals surface area contributed by atoms with Crippen LogP contribution in [0.3, 0.4) is 0 Å². The van der Waals surface area contributed by atoms with Crippen LogP contribution in [-0.4, -0.2) is 27.1 Å². The summed E-state index contributed by atoms with van der Waals surface area (Å²) in [5, 5.41) is 5.76. The number of carbonyl (C=O) groups is 1. The second-order valence-corrected chi connectivity index (χ2v) is 7.31. The molecule has 0 saturated carbocycles. The Hall–Kier alpha value is -2.18. The van der Waals surface area contributed by atoms with E-state index in [1.165, 1.54) is 6.07 Å². The molecule has 0 aromatic heterocycles. The molecule has 0 aliphatic carbocycles. The third-order valence-electron chi connectivity index (χ3n) is 3.43. The van der Waals surface area contributed by atoms with Gasteiger partial charge in [0.15, 0.2) is 9.84 Å². The zero-order valence-electron chi connectivity index (χ0n) is 13.1.